The highest BCUT2D eigenvalue weighted by molar-refractivity contribution is 5.77. The largest absolute Gasteiger partial charge is 0.481 e. The van der Waals surface area contributed by atoms with Crippen LogP contribution in [0.15, 0.2) is 24.3 Å². The Kier molecular flexibility index (Phi) is 11.7. The molecule has 0 spiro atoms. The number of hydrogen-bond donors (Lipinski definition) is 2. The van der Waals surface area contributed by atoms with Crippen LogP contribution in [0.25, 0.3) is 0 Å². The van der Waals surface area contributed by atoms with Crippen molar-refractivity contribution in [3.63, 3.8) is 0 Å². The third-order valence-corrected chi connectivity index (χ3v) is 4.80. The minimum Gasteiger partial charge on any atom is -0.481 e. The van der Waals surface area contributed by atoms with Crippen molar-refractivity contribution < 1.29 is 37.1 Å². The number of halogens is 3. The Bertz CT molecular complexity index is 701. The molecule has 0 aliphatic rings. The molecule has 0 saturated carbocycles. The van der Waals surface area contributed by atoms with Gasteiger partial charge in [-0.3, -0.25) is 9.59 Å². The van der Waals surface area contributed by atoms with Crippen molar-refractivity contribution in [2.75, 3.05) is 34.3 Å². The maximum atomic E-state index is 12.5. The molecule has 0 aliphatic carbocycles. The van der Waals surface area contributed by atoms with Crippen LogP contribution in [0.2, 0.25) is 0 Å². The third-order valence-electron chi connectivity index (χ3n) is 4.80. The molecule has 0 heterocycles. The molecule has 9 heteroatoms. The summed E-state index contributed by atoms with van der Waals surface area (Å²) < 4.78 is 43.7. The molecule has 1 amide bonds. The molecule has 0 aliphatic heterocycles. The molecule has 1 aromatic carbocycles. The second-order valence-corrected chi connectivity index (χ2v) is 9.10. The van der Waals surface area contributed by atoms with E-state index in [9.17, 15) is 22.8 Å². The van der Waals surface area contributed by atoms with Crippen LogP contribution in [-0.2, 0) is 27.1 Å². The van der Waals surface area contributed by atoms with Gasteiger partial charge in [0, 0.05) is 13.0 Å². The first-order valence-corrected chi connectivity index (χ1v) is 10.9. The van der Waals surface area contributed by atoms with Crippen LogP contribution < -0.4 is 5.32 Å². The minimum absolute atomic E-state index is 0.0896. The summed E-state index contributed by atoms with van der Waals surface area (Å²) in [7, 11) is 5.86. The summed E-state index contributed by atoms with van der Waals surface area (Å²) in [5, 5.41) is 11.9. The maximum Gasteiger partial charge on any atom is 0.416 e. The molecule has 0 bridgehead atoms. The fourth-order valence-electron chi connectivity index (χ4n) is 3.33. The number of unbranched alkanes of at least 4 members (excludes halogenated alkanes) is 4. The van der Waals surface area contributed by atoms with Gasteiger partial charge in [-0.25, -0.2) is 0 Å². The number of carboxylic acid groups (broad SMARTS) is 1. The van der Waals surface area contributed by atoms with Crippen LogP contribution >= 0.6 is 0 Å². The fraction of sp³-hybridized carbons (Fsp3) is 0.652. The summed E-state index contributed by atoms with van der Waals surface area (Å²) in [5.74, 6) is -1.05. The number of rotatable bonds is 15. The molecule has 0 saturated heterocycles. The van der Waals surface area contributed by atoms with E-state index in [-0.39, 0.29) is 25.0 Å². The van der Waals surface area contributed by atoms with E-state index in [1.54, 1.807) is 0 Å². The highest BCUT2D eigenvalue weighted by atomic mass is 19.4. The number of aliphatic carboxylic acids is 1. The molecular formula is C23H36F3N2O4+. The Balaban J connectivity index is 2.11. The van der Waals surface area contributed by atoms with Gasteiger partial charge in [0.05, 0.1) is 52.3 Å². The molecule has 6 nitrogen and oxygen atoms in total. The quantitative estimate of drug-likeness (QED) is 0.303. The summed E-state index contributed by atoms with van der Waals surface area (Å²) in [6.45, 7) is 1.36. The van der Waals surface area contributed by atoms with Crippen molar-refractivity contribution >= 4 is 11.9 Å². The van der Waals surface area contributed by atoms with E-state index in [1.807, 2.05) is 21.1 Å². The second-order valence-electron chi connectivity index (χ2n) is 9.10. The number of amides is 1. The van der Waals surface area contributed by atoms with Gasteiger partial charge in [-0.15, -0.1) is 0 Å². The van der Waals surface area contributed by atoms with Crippen LogP contribution in [-0.4, -0.2) is 61.8 Å². The summed E-state index contributed by atoms with van der Waals surface area (Å²) >= 11 is 0. The highest BCUT2D eigenvalue weighted by Crippen LogP contribution is 2.29. The van der Waals surface area contributed by atoms with Crippen molar-refractivity contribution in [2.45, 2.75) is 63.8 Å². The number of hydrogen-bond acceptors (Lipinski definition) is 3. The van der Waals surface area contributed by atoms with Crippen molar-refractivity contribution in [2.24, 2.45) is 0 Å². The summed E-state index contributed by atoms with van der Waals surface area (Å²) in [4.78, 5) is 23.1. The van der Waals surface area contributed by atoms with Gasteiger partial charge >= 0.3 is 12.1 Å². The van der Waals surface area contributed by atoms with Crippen LogP contribution in [0, 0.1) is 0 Å². The molecule has 0 unspecified atom stereocenters. The highest BCUT2D eigenvalue weighted by Gasteiger charge is 2.29. The van der Waals surface area contributed by atoms with Gasteiger partial charge in [-0.05, 0) is 30.5 Å². The molecule has 1 atom stereocenters. The van der Waals surface area contributed by atoms with Crippen molar-refractivity contribution in [1.82, 2.24) is 5.32 Å². The number of alkyl halides is 3. The topological polar surface area (TPSA) is 75.6 Å². The Labute approximate surface area is 188 Å². The van der Waals surface area contributed by atoms with Gasteiger partial charge < -0.3 is 19.6 Å². The summed E-state index contributed by atoms with van der Waals surface area (Å²) in [6.07, 6.45) is 0.328. The SMILES string of the molecule is C[N+](C)(C)C[C@@H](CC(=O)O)NC(=O)CCCCCCCOCc1ccc(C(F)(F)F)cc1. The van der Waals surface area contributed by atoms with Crippen LogP contribution in [0.5, 0.6) is 0 Å². The van der Waals surface area contributed by atoms with Gasteiger partial charge in [0.15, 0.2) is 0 Å². The second kappa shape index (κ2) is 13.4. The fourth-order valence-corrected chi connectivity index (χ4v) is 3.33. The predicted molar refractivity (Wildman–Crippen MR) is 116 cm³/mol. The van der Waals surface area contributed by atoms with E-state index < -0.39 is 17.7 Å². The predicted octanol–water partition coefficient (Wildman–Crippen LogP) is 4.23. The van der Waals surface area contributed by atoms with Gasteiger partial charge in [0.25, 0.3) is 0 Å². The van der Waals surface area contributed by atoms with Crippen molar-refractivity contribution in [3.05, 3.63) is 35.4 Å². The van der Waals surface area contributed by atoms with Crippen LogP contribution in [0.4, 0.5) is 13.2 Å². The number of carboxylic acids is 1. The average Bonchev–Trinajstić information content (AvgIpc) is 2.64. The van der Waals surface area contributed by atoms with E-state index in [0.717, 1.165) is 44.2 Å². The van der Waals surface area contributed by atoms with Crippen LogP contribution in [0.1, 0.15) is 56.1 Å². The Hall–Kier alpha value is -2.13. The number of quaternary nitrogens is 1. The molecular weight excluding hydrogens is 425 g/mol. The molecule has 32 heavy (non-hydrogen) atoms. The van der Waals surface area contributed by atoms with Gasteiger partial charge in [0.2, 0.25) is 5.91 Å². The zero-order valence-electron chi connectivity index (χ0n) is 19.2. The third kappa shape index (κ3) is 13.3. The molecule has 0 aromatic heterocycles. The molecule has 1 aromatic rings. The monoisotopic (exact) mass is 461 g/mol. The number of benzene rings is 1. The molecule has 2 N–H and O–H groups in total. The molecule has 1 rings (SSSR count). The Morgan fingerprint density at radius 2 is 1.62 bits per heavy atom. The lowest BCUT2D eigenvalue weighted by molar-refractivity contribution is -0.871. The lowest BCUT2D eigenvalue weighted by atomic mass is 10.1. The van der Waals surface area contributed by atoms with E-state index in [0.29, 0.717) is 29.6 Å². The first-order chi connectivity index (χ1) is 14.9. The molecule has 182 valence electrons. The molecule has 0 fully saturated rings. The zero-order valence-corrected chi connectivity index (χ0v) is 19.2. The number of likely N-dealkylation sites (N-methyl/N-ethyl adjacent to an activating group) is 1. The number of nitrogens with zero attached hydrogens (tertiary/aromatic N) is 1. The van der Waals surface area contributed by atoms with Crippen molar-refractivity contribution in [1.29, 1.82) is 0 Å². The van der Waals surface area contributed by atoms with E-state index in [4.69, 9.17) is 9.84 Å². The van der Waals surface area contributed by atoms with E-state index >= 15 is 0 Å². The lowest BCUT2D eigenvalue weighted by Crippen LogP contribution is -2.49. The number of carbonyl (C=O) groups excluding carboxylic acids is 1. The van der Waals surface area contributed by atoms with E-state index in [1.165, 1.54) is 12.1 Å². The van der Waals surface area contributed by atoms with Gasteiger partial charge in [-0.2, -0.15) is 13.2 Å². The summed E-state index contributed by atoms with van der Waals surface area (Å²) in [6, 6.07) is 4.58. The maximum absolute atomic E-state index is 12.5. The minimum atomic E-state index is -4.33. The summed E-state index contributed by atoms with van der Waals surface area (Å²) in [5.41, 5.74) is 0.0381. The van der Waals surface area contributed by atoms with Crippen molar-refractivity contribution in [3.8, 4) is 0 Å². The standard InChI is InChI=1S/C23H35F3N2O4/c1-28(2,3)16-20(15-22(30)31)27-21(29)9-7-5-4-6-8-14-32-17-18-10-12-19(13-11-18)23(24,25)26/h10-13,20H,4-9,14-17H2,1-3H3,(H-,27,29,30,31)/p+1/t20-/m1/s1. The van der Waals surface area contributed by atoms with E-state index in [2.05, 4.69) is 5.32 Å². The lowest BCUT2D eigenvalue weighted by Gasteiger charge is -2.29. The zero-order chi connectivity index (χ0) is 24.2. The first-order valence-electron chi connectivity index (χ1n) is 10.9. The van der Waals surface area contributed by atoms with Gasteiger partial charge in [-0.1, -0.05) is 31.4 Å². The molecule has 0 radical (unpaired) electrons. The number of carbonyl (C=O) groups is 2. The number of ether oxygens (including phenoxy) is 1. The first kappa shape index (κ1) is 27.9. The Morgan fingerprint density at radius 1 is 1.03 bits per heavy atom. The Morgan fingerprint density at radius 3 is 2.19 bits per heavy atom. The number of nitrogens with one attached hydrogen (secondary N) is 1. The van der Waals surface area contributed by atoms with Gasteiger partial charge in [0.1, 0.15) is 0 Å². The smallest absolute Gasteiger partial charge is 0.416 e. The normalized spacial score (nSPS) is 13.1. The average molecular weight is 462 g/mol. The van der Waals surface area contributed by atoms with Crippen LogP contribution in [0.3, 0.4) is 0 Å².